The van der Waals surface area contributed by atoms with Crippen molar-refractivity contribution in [1.82, 2.24) is 4.90 Å². The third-order valence-corrected chi connectivity index (χ3v) is 10.5. The number of ketones is 1. The zero-order chi connectivity index (χ0) is 25.0. The molecule has 1 saturated heterocycles. The molecule has 6 nitrogen and oxygen atoms in total. The van der Waals surface area contributed by atoms with Gasteiger partial charge in [0.25, 0.3) is 0 Å². The second-order valence-electron chi connectivity index (χ2n) is 12.1. The van der Waals surface area contributed by atoms with Crippen LogP contribution < -0.4 is 5.32 Å². The Morgan fingerprint density at radius 2 is 1.71 bits per heavy atom. The number of rotatable bonds is 5. The molecule has 1 aromatic carbocycles. The molecule has 4 aliphatic rings. The second kappa shape index (κ2) is 9.02. The van der Waals surface area contributed by atoms with Crippen molar-refractivity contribution < 1.29 is 19.1 Å². The van der Waals surface area contributed by atoms with Gasteiger partial charge < -0.3 is 15.0 Å². The maximum absolute atomic E-state index is 12.6. The summed E-state index contributed by atoms with van der Waals surface area (Å²) in [5, 5.41) is 2.90. The van der Waals surface area contributed by atoms with E-state index >= 15 is 0 Å². The number of fused-ring (bicyclic) bond motifs is 5. The van der Waals surface area contributed by atoms with Gasteiger partial charge in [0, 0.05) is 30.8 Å². The number of nitrogens with one attached hydrogen (secondary N) is 1. The smallest absolute Gasteiger partial charge is 0.250 e. The topological polar surface area (TPSA) is 75.7 Å². The zero-order valence-corrected chi connectivity index (χ0v) is 21.6. The summed E-state index contributed by atoms with van der Waals surface area (Å²) in [6.07, 6.45) is 8.66. The first-order valence-corrected chi connectivity index (χ1v) is 13.4. The van der Waals surface area contributed by atoms with Crippen molar-refractivity contribution in [2.24, 2.45) is 28.6 Å². The number of benzene rings is 1. The normalized spacial score (nSPS) is 38.3. The van der Waals surface area contributed by atoms with Crippen molar-refractivity contribution in [1.29, 1.82) is 0 Å². The minimum Gasteiger partial charge on any atom is -0.368 e. The first-order valence-electron chi connectivity index (χ1n) is 13.4. The van der Waals surface area contributed by atoms with Gasteiger partial charge in [-0.05, 0) is 105 Å². The highest BCUT2D eigenvalue weighted by atomic mass is 16.5. The van der Waals surface area contributed by atoms with Crippen LogP contribution in [0.15, 0.2) is 24.3 Å². The largest absolute Gasteiger partial charge is 0.368 e. The predicted molar refractivity (Wildman–Crippen MR) is 135 cm³/mol. The Kier molecular flexibility index (Phi) is 6.31. The summed E-state index contributed by atoms with van der Waals surface area (Å²) in [6.45, 7) is 6.44. The van der Waals surface area contributed by atoms with Gasteiger partial charge in [0.05, 0.1) is 6.10 Å². The summed E-state index contributed by atoms with van der Waals surface area (Å²) in [6, 6.07) is 7.37. The van der Waals surface area contributed by atoms with Crippen LogP contribution in [0.1, 0.15) is 82.5 Å². The van der Waals surface area contributed by atoms with Crippen molar-refractivity contribution in [2.75, 3.05) is 19.0 Å². The first kappa shape index (κ1) is 24.5. The monoisotopic (exact) mass is 480 g/mol. The molecule has 0 aromatic heterocycles. The number of amides is 2. The van der Waals surface area contributed by atoms with Gasteiger partial charge in [0.1, 0.15) is 6.61 Å². The molecule has 1 aromatic rings. The van der Waals surface area contributed by atoms with Crippen LogP contribution in [-0.4, -0.2) is 48.3 Å². The average Bonchev–Trinajstić information content (AvgIpc) is 3.17. The molecular weight excluding hydrogens is 440 g/mol. The molecule has 0 bridgehead atoms. The Labute approximate surface area is 209 Å². The van der Waals surface area contributed by atoms with Crippen LogP contribution in [0.5, 0.6) is 0 Å². The Hall–Kier alpha value is -2.21. The van der Waals surface area contributed by atoms with E-state index < -0.39 is 0 Å². The summed E-state index contributed by atoms with van der Waals surface area (Å²) in [4.78, 5) is 38.5. The number of carbonyl (C=O) groups excluding carboxylic acids is 3. The lowest BCUT2D eigenvalue weighted by molar-refractivity contribution is -0.162. The van der Waals surface area contributed by atoms with Gasteiger partial charge in [-0.3, -0.25) is 14.4 Å². The standard InChI is InChI=1S/C29H40N2O4/c1-18(32)19-5-7-20(8-6-19)30-26(33)17-35-25-12-10-22-21-9-11-24-28(2,16-14-27(34)31(24)4)23(21)13-15-29(22,25)3/h5-8,21-25H,9-17H2,1-4H3,(H,30,33)/t21-,22-,23-,24+,25-,28+,29-/m0/s1. The predicted octanol–water partition coefficient (Wildman–Crippen LogP) is 5.08. The van der Waals surface area contributed by atoms with Crippen LogP contribution in [0.25, 0.3) is 0 Å². The highest BCUT2D eigenvalue weighted by molar-refractivity contribution is 5.95. The van der Waals surface area contributed by atoms with Crippen LogP contribution in [0, 0.1) is 28.6 Å². The van der Waals surface area contributed by atoms with Crippen LogP contribution >= 0.6 is 0 Å². The maximum Gasteiger partial charge on any atom is 0.250 e. The number of Topliss-reactive ketones (excluding diaryl/α,β-unsaturated/α-hetero) is 1. The van der Waals surface area contributed by atoms with E-state index in [4.69, 9.17) is 4.74 Å². The highest BCUT2D eigenvalue weighted by Crippen LogP contribution is 2.65. The molecule has 0 spiro atoms. The van der Waals surface area contributed by atoms with Crippen LogP contribution in [0.3, 0.4) is 0 Å². The van der Waals surface area contributed by atoms with Gasteiger partial charge in [-0.1, -0.05) is 13.8 Å². The zero-order valence-electron chi connectivity index (χ0n) is 21.6. The van der Waals surface area contributed by atoms with Gasteiger partial charge in [-0.15, -0.1) is 0 Å². The maximum atomic E-state index is 12.6. The molecule has 3 saturated carbocycles. The number of hydrogen-bond acceptors (Lipinski definition) is 4. The Morgan fingerprint density at radius 3 is 2.43 bits per heavy atom. The first-order chi connectivity index (χ1) is 16.6. The van der Waals surface area contributed by atoms with Gasteiger partial charge >= 0.3 is 0 Å². The lowest BCUT2D eigenvalue weighted by Gasteiger charge is -2.61. The lowest BCUT2D eigenvalue weighted by atomic mass is 9.47. The Balaban J connectivity index is 1.21. The Morgan fingerprint density at radius 1 is 1.00 bits per heavy atom. The molecule has 2 amide bonds. The minimum atomic E-state index is -0.149. The quantitative estimate of drug-likeness (QED) is 0.597. The van der Waals surface area contributed by atoms with Crippen LogP contribution in [0.4, 0.5) is 5.69 Å². The molecular formula is C29H40N2O4. The van der Waals surface area contributed by atoms with Gasteiger partial charge in [-0.25, -0.2) is 0 Å². The van der Waals surface area contributed by atoms with E-state index in [0.29, 0.717) is 47.4 Å². The third-order valence-electron chi connectivity index (χ3n) is 10.5. The fourth-order valence-corrected chi connectivity index (χ4v) is 8.54. The molecule has 6 heteroatoms. The van der Waals surface area contributed by atoms with Crippen molar-refractivity contribution in [3.63, 3.8) is 0 Å². The van der Waals surface area contributed by atoms with E-state index in [1.165, 1.54) is 26.2 Å². The minimum absolute atomic E-state index is 0.0106. The van der Waals surface area contributed by atoms with Crippen molar-refractivity contribution in [3.8, 4) is 0 Å². The molecule has 4 fully saturated rings. The molecule has 0 radical (unpaired) electrons. The molecule has 5 rings (SSSR count). The molecule has 7 atom stereocenters. The van der Waals surface area contributed by atoms with E-state index in [1.54, 1.807) is 24.3 Å². The number of hydrogen-bond donors (Lipinski definition) is 1. The van der Waals surface area contributed by atoms with E-state index in [0.717, 1.165) is 25.7 Å². The van der Waals surface area contributed by atoms with Crippen molar-refractivity contribution >= 4 is 23.3 Å². The van der Waals surface area contributed by atoms with Crippen LogP contribution in [0.2, 0.25) is 0 Å². The summed E-state index contributed by atoms with van der Waals surface area (Å²) < 4.78 is 6.29. The molecule has 190 valence electrons. The molecule has 3 aliphatic carbocycles. The SMILES string of the molecule is CC(=O)c1ccc(NC(=O)CO[C@H]2CC[C@H]3[C@@H]4CC[C@H]5N(C)C(=O)CC[C@]5(C)[C@H]4CC[C@]23C)cc1. The van der Waals surface area contributed by atoms with E-state index in [2.05, 4.69) is 24.1 Å². The summed E-state index contributed by atoms with van der Waals surface area (Å²) in [5.74, 6) is 2.18. The van der Waals surface area contributed by atoms with Gasteiger partial charge in [0.15, 0.2) is 5.78 Å². The van der Waals surface area contributed by atoms with Gasteiger partial charge in [0.2, 0.25) is 11.8 Å². The van der Waals surface area contributed by atoms with Gasteiger partial charge in [-0.2, -0.15) is 0 Å². The van der Waals surface area contributed by atoms with E-state index in [-0.39, 0.29) is 35.2 Å². The summed E-state index contributed by atoms with van der Waals surface area (Å²) in [7, 11) is 2.01. The number of anilines is 1. The fourth-order valence-electron chi connectivity index (χ4n) is 8.54. The molecule has 0 unspecified atom stereocenters. The Bertz CT molecular complexity index is 1010. The van der Waals surface area contributed by atoms with Crippen molar-refractivity contribution in [3.05, 3.63) is 29.8 Å². The molecule has 1 N–H and O–H groups in total. The second-order valence-corrected chi connectivity index (χ2v) is 12.1. The van der Waals surface area contributed by atoms with Crippen molar-refractivity contribution in [2.45, 2.75) is 84.3 Å². The molecule has 35 heavy (non-hydrogen) atoms. The lowest BCUT2D eigenvalue weighted by Crippen LogP contribution is -2.61. The number of carbonyl (C=O) groups is 3. The number of likely N-dealkylation sites (tertiary alicyclic amines) is 1. The summed E-state index contributed by atoms with van der Waals surface area (Å²) in [5.41, 5.74) is 1.66. The summed E-state index contributed by atoms with van der Waals surface area (Å²) >= 11 is 0. The molecule has 1 aliphatic heterocycles. The number of ether oxygens (including phenoxy) is 1. The number of piperidine rings is 1. The van der Waals surface area contributed by atoms with E-state index in [1.807, 2.05) is 7.05 Å². The van der Waals surface area contributed by atoms with Crippen LogP contribution in [-0.2, 0) is 14.3 Å². The highest BCUT2D eigenvalue weighted by Gasteiger charge is 2.61. The fraction of sp³-hybridized carbons (Fsp3) is 0.690. The average molecular weight is 481 g/mol. The van der Waals surface area contributed by atoms with E-state index in [9.17, 15) is 14.4 Å². The number of nitrogens with zero attached hydrogens (tertiary/aromatic N) is 1. The molecule has 1 heterocycles. The third kappa shape index (κ3) is 4.12.